The molecule has 0 heterocycles. The number of nitrogens with one attached hydrogen (secondary N) is 1. The van der Waals surface area contributed by atoms with Crippen molar-refractivity contribution in [3.8, 4) is 0 Å². The number of rotatable bonds is 4. The molecule has 0 radical (unpaired) electrons. The van der Waals surface area contributed by atoms with Crippen LogP contribution in [0.1, 0.15) is 27.5 Å². The van der Waals surface area contributed by atoms with E-state index in [4.69, 9.17) is 5.73 Å². The summed E-state index contributed by atoms with van der Waals surface area (Å²) in [6, 6.07) is 14.1. The van der Waals surface area contributed by atoms with E-state index in [1.165, 1.54) is 0 Å². The summed E-state index contributed by atoms with van der Waals surface area (Å²) in [5.74, 6) is -0.247. The van der Waals surface area contributed by atoms with Gasteiger partial charge in [-0.25, -0.2) is 0 Å². The van der Waals surface area contributed by atoms with Gasteiger partial charge in [0.25, 0.3) is 5.91 Å². The Morgan fingerprint density at radius 2 is 1.95 bits per heavy atom. The molecule has 104 valence electrons. The number of carbonyl (C=O) groups excluding carboxylic acids is 1. The van der Waals surface area contributed by atoms with Crippen LogP contribution in [-0.2, 0) is 0 Å². The minimum Gasteiger partial charge on any atom is -0.399 e. The highest BCUT2D eigenvalue weighted by molar-refractivity contribution is 5.95. The first-order valence-corrected chi connectivity index (χ1v) is 6.44. The van der Waals surface area contributed by atoms with Crippen LogP contribution in [0.5, 0.6) is 0 Å². The highest BCUT2D eigenvalue weighted by Gasteiger charge is 2.15. The number of aliphatic hydroxyl groups is 1. The maximum Gasteiger partial charge on any atom is 0.251 e. The average Bonchev–Trinajstić information content (AvgIpc) is 2.44. The monoisotopic (exact) mass is 270 g/mol. The molecule has 0 aromatic heterocycles. The highest BCUT2D eigenvalue weighted by atomic mass is 16.3. The van der Waals surface area contributed by atoms with Gasteiger partial charge >= 0.3 is 0 Å². The molecule has 4 N–H and O–H groups in total. The van der Waals surface area contributed by atoms with E-state index in [0.717, 1.165) is 11.1 Å². The lowest BCUT2D eigenvalue weighted by atomic mass is 10.1. The van der Waals surface area contributed by atoms with Crippen LogP contribution in [-0.4, -0.2) is 17.6 Å². The van der Waals surface area contributed by atoms with Gasteiger partial charge in [0, 0.05) is 11.3 Å². The molecule has 0 saturated carbocycles. The van der Waals surface area contributed by atoms with E-state index in [-0.39, 0.29) is 12.5 Å². The Bertz CT molecular complexity index is 576. The molecule has 2 aromatic carbocycles. The van der Waals surface area contributed by atoms with E-state index in [1.807, 2.05) is 37.3 Å². The van der Waals surface area contributed by atoms with Gasteiger partial charge < -0.3 is 16.2 Å². The number of aryl methyl sites for hydroxylation is 1. The SMILES string of the molecule is Cc1cc(N)cc(C(=O)N[C@@H](CO)c2ccccc2)c1. The molecule has 0 aliphatic rings. The minimum atomic E-state index is -0.426. The summed E-state index contributed by atoms with van der Waals surface area (Å²) >= 11 is 0. The van der Waals surface area contributed by atoms with Crippen LogP contribution in [0.15, 0.2) is 48.5 Å². The van der Waals surface area contributed by atoms with Crippen molar-refractivity contribution in [3.05, 3.63) is 65.2 Å². The number of amides is 1. The summed E-state index contributed by atoms with van der Waals surface area (Å²) in [5, 5.41) is 12.3. The first kappa shape index (κ1) is 14.1. The van der Waals surface area contributed by atoms with E-state index in [9.17, 15) is 9.90 Å². The van der Waals surface area contributed by atoms with E-state index in [1.54, 1.807) is 18.2 Å². The van der Waals surface area contributed by atoms with Gasteiger partial charge in [-0.2, -0.15) is 0 Å². The van der Waals surface area contributed by atoms with Crippen molar-refractivity contribution in [3.63, 3.8) is 0 Å². The van der Waals surface area contributed by atoms with Gasteiger partial charge in [-0.15, -0.1) is 0 Å². The van der Waals surface area contributed by atoms with Crippen LogP contribution in [0, 0.1) is 6.92 Å². The van der Waals surface area contributed by atoms with Gasteiger partial charge in [0.05, 0.1) is 12.6 Å². The van der Waals surface area contributed by atoms with Gasteiger partial charge in [-0.05, 0) is 36.2 Å². The van der Waals surface area contributed by atoms with Crippen molar-refractivity contribution in [1.82, 2.24) is 5.32 Å². The van der Waals surface area contributed by atoms with Gasteiger partial charge in [0.1, 0.15) is 0 Å². The number of aliphatic hydroxyl groups excluding tert-OH is 1. The van der Waals surface area contributed by atoms with Gasteiger partial charge in [0.2, 0.25) is 0 Å². The lowest BCUT2D eigenvalue weighted by Gasteiger charge is -2.17. The van der Waals surface area contributed by atoms with Crippen LogP contribution < -0.4 is 11.1 Å². The van der Waals surface area contributed by atoms with E-state index < -0.39 is 6.04 Å². The zero-order valence-electron chi connectivity index (χ0n) is 11.3. The zero-order chi connectivity index (χ0) is 14.5. The highest BCUT2D eigenvalue weighted by Crippen LogP contribution is 2.15. The first-order valence-electron chi connectivity index (χ1n) is 6.44. The number of nitrogen functional groups attached to an aromatic ring is 1. The van der Waals surface area contributed by atoms with Crippen LogP contribution in [0.4, 0.5) is 5.69 Å². The van der Waals surface area contributed by atoms with Crippen LogP contribution in [0.25, 0.3) is 0 Å². The van der Waals surface area contributed by atoms with Crippen LogP contribution in [0.2, 0.25) is 0 Å². The zero-order valence-corrected chi connectivity index (χ0v) is 11.3. The molecule has 2 aromatic rings. The largest absolute Gasteiger partial charge is 0.399 e. The lowest BCUT2D eigenvalue weighted by molar-refractivity contribution is 0.0916. The third-order valence-electron chi connectivity index (χ3n) is 3.05. The number of benzene rings is 2. The van der Waals surface area contributed by atoms with Crippen molar-refractivity contribution >= 4 is 11.6 Å². The number of hydrogen-bond acceptors (Lipinski definition) is 3. The summed E-state index contributed by atoms with van der Waals surface area (Å²) in [4.78, 5) is 12.2. The third-order valence-corrected chi connectivity index (χ3v) is 3.05. The van der Waals surface area contributed by atoms with Crippen LogP contribution >= 0.6 is 0 Å². The molecule has 4 nitrogen and oxygen atoms in total. The van der Waals surface area contributed by atoms with Crippen molar-refractivity contribution in [1.29, 1.82) is 0 Å². The molecule has 0 aliphatic heterocycles. The standard InChI is InChI=1S/C16H18N2O2/c1-11-7-13(9-14(17)8-11)16(20)18-15(10-19)12-5-3-2-4-6-12/h2-9,15,19H,10,17H2,1H3,(H,18,20)/t15-/m0/s1. The van der Waals surface area contributed by atoms with Crippen LogP contribution in [0.3, 0.4) is 0 Å². The Hall–Kier alpha value is -2.33. The van der Waals surface area contributed by atoms with Crippen molar-refractivity contribution in [2.45, 2.75) is 13.0 Å². The minimum absolute atomic E-state index is 0.156. The molecule has 0 fully saturated rings. The Kier molecular flexibility index (Phi) is 4.38. The van der Waals surface area contributed by atoms with Crippen molar-refractivity contribution in [2.24, 2.45) is 0 Å². The van der Waals surface area contributed by atoms with Crippen molar-refractivity contribution in [2.75, 3.05) is 12.3 Å². The van der Waals surface area contributed by atoms with E-state index in [2.05, 4.69) is 5.32 Å². The smallest absolute Gasteiger partial charge is 0.251 e. The van der Waals surface area contributed by atoms with Gasteiger partial charge in [-0.1, -0.05) is 30.3 Å². The Balaban J connectivity index is 2.17. The fourth-order valence-electron chi connectivity index (χ4n) is 2.11. The van der Waals surface area contributed by atoms with Gasteiger partial charge in [0.15, 0.2) is 0 Å². The quantitative estimate of drug-likeness (QED) is 0.744. The summed E-state index contributed by atoms with van der Waals surface area (Å²) in [6.07, 6.45) is 0. The van der Waals surface area contributed by atoms with E-state index in [0.29, 0.717) is 11.3 Å². The second-order valence-corrected chi connectivity index (χ2v) is 4.75. The molecule has 20 heavy (non-hydrogen) atoms. The number of anilines is 1. The Morgan fingerprint density at radius 1 is 1.25 bits per heavy atom. The second kappa shape index (κ2) is 6.21. The maximum atomic E-state index is 12.2. The summed E-state index contributed by atoms with van der Waals surface area (Å²) < 4.78 is 0. The average molecular weight is 270 g/mol. The summed E-state index contributed by atoms with van der Waals surface area (Å²) in [7, 11) is 0. The molecule has 4 heteroatoms. The molecule has 0 spiro atoms. The fourth-order valence-corrected chi connectivity index (χ4v) is 2.11. The maximum absolute atomic E-state index is 12.2. The molecule has 0 saturated heterocycles. The normalized spacial score (nSPS) is 11.9. The number of carbonyl (C=O) groups is 1. The Morgan fingerprint density at radius 3 is 2.55 bits per heavy atom. The predicted molar refractivity (Wildman–Crippen MR) is 79.3 cm³/mol. The molecule has 1 amide bonds. The van der Waals surface area contributed by atoms with E-state index >= 15 is 0 Å². The van der Waals surface area contributed by atoms with Gasteiger partial charge in [-0.3, -0.25) is 4.79 Å². The number of hydrogen-bond donors (Lipinski definition) is 3. The fraction of sp³-hybridized carbons (Fsp3) is 0.188. The third kappa shape index (κ3) is 3.36. The lowest BCUT2D eigenvalue weighted by Crippen LogP contribution is -2.30. The topological polar surface area (TPSA) is 75.4 Å². The molecule has 2 rings (SSSR count). The first-order chi connectivity index (χ1) is 9.60. The second-order valence-electron chi connectivity index (χ2n) is 4.75. The molecule has 0 aliphatic carbocycles. The molecule has 0 bridgehead atoms. The summed E-state index contributed by atoms with van der Waals surface area (Å²) in [6.45, 7) is 1.73. The summed E-state index contributed by atoms with van der Waals surface area (Å²) in [5.41, 5.74) is 8.58. The number of nitrogens with two attached hydrogens (primary N) is 1. The van der Waals surface area contributed by atoms with Crippen molar-refractivity contribution < 1.29 is 9.90 Å². The molecule has 0 unspecified atom stereocenters. The molecular formula is C16H18N2O2. The molecular weight excluding hydrogens is 252 g/mol. The predicted octanol–water partition coefficient (Wildman–Crippen LogP) is 2.04. The Labute approximate surface area is 118 Å². The molecule has 1 atom stereocenters.